The van der Waals surface area contributed by atoms with Gasteiger partial charge in [0.05, 0.1) is 27.7 Å². The van der Waals surface area contributed by atoms with Crippen LogP contribution < -0.4 is 10.6 Å². The molecule has 0 atom stereocenters. The first kappa shape index (κ1) is 21.3. The maximum atomic E-state index is 13.3. The van der Waals surface area contributed by atoms with Crippen molar-refractivity contribution in [1.82, 2.24) is 20.1 Å². The average Bonchev–Trinajstić information content (AvgIpc) is 3.32. The number of hydrogen-bond donors (Lipinski definition) is 2. The minimum Gasteiger partial charge on any atom is -0.349 e. The number of benzene rings is 1. The van der Waals surface area contributed by atoms with E-state index < -0.39 is 0 Å². The van der Waals surface area contributed by atoms with E-state index in [1.54, 1.807) is 41.8 Å². The minimum absolute atomic E-state index is 0.0804. The molecule has 0 bridgehead atoms. The van der Waals surface area contributed by atoms with E-state index in [1.165, 1.54) is 4.88 Å². The molecule has 7 nitrogen and oxygen atoms in total. The van der Waals surface area contributed by atoms with Crippen LogP contribution in [0.4, 0.5) is 5.69 Å². The molecule has 1 aliphatic carbocycles. The highest BCUT2D eigenvalue weighted by Crippen LogP contribution is 2.31. The van der Waals surface area contributed by atoms with E-state index in [0.29, 0.717) is 33.9 Å². The highest BCUT2D eigenvalue weighted by molar-refractivity contribution is 7.15. The zero-order chi connectivity index (χ0) is 23.1. The van der Waals surface area contributed by atoms with E-state index in [9.17, 15) is 9.59 Å². The van der Waals surface area contributed by atoms with Crippen molar-refractivity contribution >= 4 is 39.9 Å². The standard InChI is InChI=1S/C25H25N5O2S/c1-14(2)30-23-20(13-26-30)19(12-21(29-23)22-11-4-15(3)33-22)25(32)28-17-7-5-16(6-8-17)24(31)27-18-9-10-18/h4-8,11-14,18H,9-10H2,1-3H3,(H,27,31)(H,28,32). The summed E-state index contributed by atoms with van der Waals surface area (Å²) in [6.07, 6.45) is 3.79. The number of carbonyl (C=O) groups is 2. The Kier molecular flexibility index (Phi) is 5.46. The largest absolute Gasteiger partial charge is 0.349 e. The van der Waals surface area contributed by atoms with Gasteiger partial charge in [-0.1, -0.05) is 0 Å². The van der Waals surface area contributed by atoms with Gasteiger partial charge in [0.2, 0.25) is 0 Å². The predicted octanol–water partition coefficient (Wildman–Crippen LogP) is 5.19. The van der Waals surface area contributed by atoms with Crippen molar-refractivity contribution in [2.75, 3.05) is 5.32 Å². The van der Waals surface area contributed by atoms with Gasteiger partial charge in [-0.15, -0.1) is 11.3 Å². The van der Waals surface area contributed by atoms with Crippen LogP contribution in [0.15, 0.2) is 48.7 Å². The maximum Gasteiger partial charge on any atom is 0.256 e. The second-order valence-electron chi connectivity index (χ2n) is 8.66. The quantitative estimate of drug-likeness (QED) is 0.415. The fraction of sp³-hybridized carbons (Fsp3) is 0.280. The number of nitrogens with zero attached hydrogens (tertiary/aromatic N) is 3. The number of carbonyl (C=O) groups excluding carboxylic acids is 2. The Morgan fingerprint density at radius 1 is 1.09 bits per heavy atom. The molecule has 2 N–H and O–H groups in total. The van der Waals surface area contributed by atoms with Crippen LogP contribution in [0.1, 0.15) is 58.3 Å². The topological polar surface area (TPSA) is 88.9 Å². The van der Waals surface area contributed by atoms with Crippen molar-refractivity contribution in [3.8, 4) is 10.6 Å². The molecular formula is C25H25N5O2S. The van der Waals surface area contributed by atoms with Crippen LogP contribution in [0.3, 0.4) is 0 Å². The Balaban J connectivity index is 1.46. The number of fused-ring (bicyclic) bond motifs is 1. The molecule has 33 heavy (non-hydrogen) atoms. The number of thiophene rings is 1. The summed E-state index contributed by atoms with van der Waals surface area (Å²) < 4.78 is 1.84. The molecule has 0 spiro atoms. The van der Waals surface area contributed by atoms with Crippen molar-refractivity contribution in [3.63, 3.8) is 0 Å². The predicted molar refractivity (Wildman–Crippen MR) is 131 cm³/mol. The molecule has 2 amide bonds. The summed E-state index contributed by atoms with van der Waals surface area (Å²) in [5, 5.41) is 11.1. The fourth-order valence-electron chi connectivity index (χ4n) is 3.68. The lowest BCUT2D eigenvalue weighted by molar-refractivity contribution is 0.0950. The zero-order valence-corrected chi connectivity index (χ0v) is 19.6. The third-order valence-electron chi connectivity index (χ3n) is 5.61. The van der Waals surface area contributed by atoms with Gasteiger partial charge in [-0.05, 0) is 76.1 Å². The van der Waals surface area contributed by atoms with Gasteiger partial charge in [0.15, 0.2) is 5.65 Å². The second-order valence-corrected chi connectivity index (χ2v) is 9.95. The highest BCUT2D eigenvalue weighted by Gasteiger charge is 2.24. The van der Waals surface area contributed by atoms with Crippen LogP contribution in [-0.2, 0) is 0 Å². The molecule has 0 radical (unpaired) electrons. The number of amides is 2. The number of rotatable bonds is 6. The van der Waals surface area contributed by atoms with E-state index in [2.05, 4.69) is 15.7 Å². The molecule has 1 saturated carbocycles. The van der Waals surface area contributed by atoms with Crippen molar-refractivity contribution in [2.45, 2.75) is 45.7 Å². The van der Waals surface area contributed by atoms with Crippen LogP contribution in [-0.4, -0.2) is 32.6 Å². The van der Waals surface area contributed by atoms with Crippen LogP contribution in [0.25, 0.3) is 21.6 Å². The number of hydrogen-bond acceptors (Lipinski definition) is 5. The molecule has 168 valence electrons. The Hall–Kier alpha value is -3.52. The number of aromatic nitrogens is 3. The molecule has 4 aromatic rings. The SMILES string of the molecule is Cc1ccc(-c2cc(C(=O)Nc3ccc(C(=O)NC4CC4)cc3)c3cnn(C(C)C)c3n2)s1. The molecule has 1 aliphatic rings. The van der Waals surface area contributed by atoms with Gasteiger partial charge in [0.1, 0.15) is 0 Å². The third kappa shape index (κ3) is 4.39. The van der Waals surface area contributed by atoms with Crippen molar-refractivity contribution < 1.29 is 9.59 Å². The Labute approximate surface area is 195 Å². The number of aryl methyl sites for hydroxylation is 1. The van der Waals surface area contributed by atoms with Crippen LogP contribution >= 0.6 is 11.3 Å². The highest BCUT2D eigenvalue weighted by atomic mass is 32.1. The van der Waals surface area contributed by atoms with E-state index >= 15 is 0 Å². The summed E-state index contributed by atoms with van der Waals surface area (Å²) in [6.45, 7) is 6.13. The summed E-state index contributed by atoms with van der Waals surface area (Å²) in [4.78, 5) is 32.6. The van der Waals surface area contributed by atoms with E-state index in [0.717, 1.165) is 23.4 Å². The Morgan fingerprint density at radius 3 is 2.48 bits per heavy atom. The first-order valence-electron chi connectivity index (χ1n) is 11.1. The first-order valence-corrected chi connectivity index (χ1v) is 11.9. The molecule has 1 fully saturated rings. The van der Waals surface area contributed by atoms with Crippen molar-refractivity contribution in [3.05, 3.63) is 64.7 Å². The van der Waals surface area contributed by atoms with Crippen LogP contribution in [0, 0.1) is 6.92 Å². The molecule has 0 saturated heterocycles. The second kappa shape index (κ2) is 8.44. The Bertz CT molecular complexity index is 1350. The fourth-order valence-corrected chi connectivity index (χ4v) is 4.51. The van der Waals surface area contributed by atoms with Crippen molar-refractivity contribution in [2.24, 2.45) is 0 Å². The normalized spacial score (nSPS) is 13.5. The van der Waals surface area contributed by atoms with Gasteiger partial charge in [0, 0.05) is 28.2 Å². The van der Waals surface area contributed by atoms with Crippen LogP contribution in [0.5, 0.6) is 0 Å². The molecule has 0 unspecified atom stereocenters. The van der Waals surface area contributed by atoms with Crippen molar-refractivity contribution in [1.29, 1.82) is 0 Å². The first-order chi connectivity index (χ1) is 15.9. The molecular weight excluding hydrogens is 434 g/mol. The number of anilines is 1. The smallest absolute Gasteiger partial charge is 0.256 e. The molecule has 5 rings (SSSR count). The van der Waals surface area contributed by atoms with E-state index in [4.69, 9.17) is 4.98 Å². The number of nitrogens with one attached hydrogen (secondary N) is 2. The van der Waals surface area contributed by atoms with Gasteiger partial charge in [0.25, 0.3) is 11.8 Å². The molecule has 3 heterocycles. The van der Waals surface area contributed by atoms with E-state index in [1.807, 2.05) is 43.7 Å². The summed E-state index contributed by atoms with van der Waals surface area (Å²) in [5.74, 6) is -0.321. The zero-order valence-electron chi connectivity index (χ0n) is 18.8. The molecule has 1 aromatic carbocycles. The summed E-state index contributed by atoms with van der Waals surface area (Å²) >= 11 is 1.64. The molecule has 0 aliphatic heterocycles. The maximum absolute atomic E-state index is 13.3. The minimum atomic E-state index is -0.240. The van der Waals surface area contributed by atoms with Crippen LogP contribution in [0.2, 0.25) is 0 Å². The summed E-state index contributed by atoms with van der Waals surface area (Å²) in [5.41, 5.74) is 3.16. The monoisotopic (exact) mass is 459 g/mol. The molecule has 3 aromatic heterocycles. The third-order valence-corrected chi connectivity index (χ3v) is 6.63. The lowest BCUT2D eigenvalue weighted by Gasteiger charge is -2.11. The lowest BCUT2D eigenvalue weighted by atomic mass is 10.1. The summed E-state index contributed by atoms with van der Waals surface area (Å²) in [7, 11) is 0. The van der Waals surface area contributed by atoms with Gasteiger partial charge in [-0.25, -0.2) is 9.67 Å². The van der Waals surface area contributed by atoms with Gasteiger partial charge < -0.3 is 10.6 Å². The summed E-state index contributed by atoms with van der Waals surface area (Å²) in [6, 6.07) is 13.3. The van der Waals surface area contributed by atoms with Gasteiger partial charge >= 0.3 is 0 Å². The van der Waals surface area contributed by atoms with Gasteiger partial charge in [-0.3, -0.25) is 9.59 Å². The van der Waals surface area contributed by atoms with E-state index in [-0.39, 0.29) is 17.9 Å². The van der Waals surface area contributed by atoms with Gasteiger partial charge in [-0.2, -0.15) is 5.10 Å². The molecule has 8 heteroatoms. The lowest BCUT2D eigenvalue weighted by Crippen LogP contribution is -2.25. The average molecular weight is 460 g/mol. The number of pyridine rings is 1. The Morgan fingerprint density at radius 2 is 1.85 bits per heavy atom.